The first kappa shape index (κ1) is 25.3. The summed E-state index contributed by atoms with van der Waals surface area (Å²) in [6, 6.07) is 22.3. The molecule has 0 saturated heterocycles. The molecule has 4 aromatic rings. The summed E-state index contributed by atoms with van der Waals surface area (Å²) in [5, 5.41) is 14.0. The van der Waals surface area contributed by atoms with Crippen LogP contribution in [-0.4, -0.2) is 46.4 Å². The average Bonchev–Trinajstić information content (AvgIpc) is 3.33. The molecule has 0 atom stereocenters. The lowest BCUT2D eigenvalue weighted by atomic mass is 10.2. The molecule has 0 aliphatic rings. The molecule has 1 amide bonds. The van der Waals surface area contributed by atoms with Crippen molar-refractivity contribution in [3.63, 3.8) is 0 Å². The number of carbonyl (C=O) groups excluding carboxylic acids is 1. The van der Waals surface area contributed by atoms with Gasteiger partial charge in [-0.25, -0.2) is 5.43 Å². The Balaban J connectivity index is 1.46. The number of carbonyl (C=O) groups is 1. The van der Waals surface area contributed by atoms with Gasteiger partial charge >= 0.3 is 0 Å². The fraction of sp³-hybridized carbons (Fsp3) is 0.154. The number of nitrogens with zero attached hydrogens (tertiary/aromatic N) is 4. The Morgan fingerprint density at radius 3 is 2.39 bits per heavy atom. The maximum Gasteiger partial charge on any atom is 0.250 e. The highest BCUT2D eigenvalue weighted by atomic mass is 35.5. The van der Waals surface area contributed by atoms with Crippen LogP contribution in [0.2, 0.25) is 5.02 Å². The van der Waals surface area contributed by atoms with Crippen molar-refractivity contribution in [1.82, 2.24) is 20.2 Å². The van der Waals surface area contributed by atoms with Crippen molar-refractivity contribution < 1.29 is 14.3 Å². The fourth-order valence-electron chi connectivity index (χ4n) is 3.27. The number of methoxy groups -OCH3 is 1. The molecule has 0 unspecified atom stereocenters. The quantitative estimate of drug-likeness (QED) is 0.174. The number of ether oxygens (including phenoxy) is 2. The van der Waals surface area contributed by atoms with Crippen LogP contribution >= 0.6 is 23.4 Å². The highest BCUT2D eigenvalue weighted by Crippen LogP contribution is 2.29. The number of nitrogens with one attached hydrogen (secondary N) is 1. The lowest BCUT2D eigenvalue weighted by molar-refractivity contribution is -0.118. The van der Waals surface area contributed by atoms with Gasteiger partial charge in [0.15, 0.2) is 11.0 Å². The largest absolute Gasteiger partial charge is 0.497 e. The molecule has 10 heteroatoms. The SMILES string of the molecule is CCOc1ccc(/C=N/NC(=O)CSc2nnc(-c3ccc(OC)cc3)n2-c2ccc(Cl)cc2)cc1. The minimum atomic E-state index is -0.265. The van der Waals surface area contributed by atoms with Gasteiger partial charge in [0.05, 0.1) is 25.7 Å². The third-order valence-corrected chi connectivity index (χ3v) is 6.17. The van der Waals surface area contributed by atoms with Crippen LogP contribution in [0.1, 0.15) is 12.5 Å². The Morgan fingerprint density at radius 2 is 1.72 bits per heavy atom. The minimum absolute atomic E-state index is 0.106. The second-order valence-electron chi connectivity index (χ2n) is 7.43. The van der Waals surface area contributed by atoms with Crippen LogP contribution in [0.15, 0.2) is 83.1 Å². The molecular formula is C26H24ClN5O3S. The molecule has 36 heavy (non-hydrogen) atoms. The monoisotopic (exact) mass is 521 g/mol. The molecule has 0 bridgehead atoms. The summed E-state index contributed by atoms with van der Waals surface area (Å²) in [5.41, 5.74) is 5.08. The Bertz CT molecular complexity index is 1320. The van der Waals surface area contributed by atoms with E-state index in [2.05, 4.69) is 20.7 Å². The van der Waals surface area contributed by atoms with Crippen molar-refractivity contribution >= 4 is 35.5 Å². The van der Waals surface area contributed by atoms with E-state index >= 15 is 0 Å². The summed E-state index contributed by atoms with van der Waals surface area (Å²) in [5.74, 6) is 2.01. The summed E-state index contributed by atoms with van der Waals surface area (Å²) in [6.07, 6.45) is 1.58. The molecule has 184 valence electrons. The van der Waals surface area contributed by atoms with Crippen molar-refractivity contribution in [2.24, 2.45) is 5.10 Å². The molecule has 1 aromatic heterocycles. The number of halogens is 1. The van der Waals surface area contributed by atoms with Crippen LogP contribution in [0.4, 0.5) is 0 Å². The number of hydrogen-bond acceptors (Lipinski definition) is 7. The minimum Gasteiger partial charge on any atom is -0.497 e. The third kappa shape index (κ3) is 6.44. The summed E-state index contributed by atoms with van der Waals surface area (Å²) < 4.78 is 12.6. The predicted molar refractivity (Wildman–Crippen MR) is 142 cm³/mol. The number of thioether (sulfide) groups is 1. The van der Waals surface area contributed by atoms with Gasteiger partial charge < -0.3 is 9.47 Å². The first-order valence-electron chi connectivity index (χ1n) is 11.1. The van der Waals surface area contributed by atoms with Crippen molar-refractivity contribution in [1.29, 1.82) is 0 Å². The lowest BCUT2D eigenvalue weighted by Gasteiger charge is -2.11. The van der Waals surface area contributed by atoms with Crippen LogP contribution in [0, 0.1) is 0 Å². The zero-order chi connectivity index (χ0) is 25.3. The van der Waals surface area contributed by atoms with Gasteiger partial charge in [-0.05, 0) is 85.3 Å². The van der Waals surface area contributed by atoms with Gasteiger partial charge in [0, 0.05) is 16.3 Å². The van der Waals surface area contributed by atoms with Crippen LogP contribution < -0.4 is 14.9 Å². The van der Waals surface area contributed by atoms with Gasteiger partial charge in [-0.1, -0.05) is 23.4 Å². The highest BCUT2D eigenvalue weighted by molar-refractivity contribution is 7.99. The van der Waals surface area contributed by atoms with E-state index in [1.807, 2.05) is 72.2 Å². The molecule has 1 N–H and O–H groups in total. The smallest absolute Gasteiger partial charge is 0.250 e. The maximum atomic E-state index is 12.4. The van der Waals surface area contributed by atoms with Gasteiger partial charge in [-0.3, -0.25) is 9.36 Å². The first-order valence-corrected chi connectivity index (χ1v) is 12.5. The van der Waals surface area contributed by atoms with E-state index in [1.54, 1.807) is 25.5 Å². The summed E-state index contributed by atoms with van der Waals surface area (Å²) in [7, 11) is 1.62. The van der Waals surface area contributed by atoms with Crippen molar-refractivity contribution in [2.45, 2.75) is 12.1 Å². The predicted octanol–water partition coefficient (Wildman–Crippen LogP) is 5.24. The van der Waals surface area contributed by atoms with Crippen molar-refractivity contribution in [3.8, 4) is 28.6 Å². The number of hydrogen-bond donors (Lipinski definition) is 1. The molecule has 1 heterocycles. The number of hydrazone groups is 1. The van der Waals surface area contributed by atoms with Crippen molar-refractivity contribution in [3.05, 3.63) is 83.4 Å². The zero-order valence-electron chi connectivity index (χ0n) is 19.7. The molecule has 0 saturated carbocycles. The Kier molecular flexibility index (Phi) is 8.59. The highest BCUT2D eigenvalue weighted by Gasteiger charge is 2.17. The molecule has 8 nitrogen and oxygen atoms in total. The number of amides is 1. The van der Waals surface area contributed by atoms with E-state index in [1.165, 1.54) is 11.8 Å². The molecule has 0 aliphatic carbocycles. The maximum absolute atomic E-state index is 12.4. The van der Waals surface area contributed by atoms with E-state index in [0.717, 1.165) is 28.3 Å². The molecule has 0 spiro atoms. The van der Waals surface area contributed by atoms with E-state index in [0.29, 0.717) is 22.6 Å². The molecular weight excluding hydrogens is 498 g/mol. The summed E-state index contributed by atoms with van der Waals surface area (Å²) in [6.45, 7) is 2.54. The topological polar surface area (TPSA) is 90.6 Å². The standard InChI is InChI=1S/C26H24ClN5O3S/c1-3-35-23-12-4-18(5-13-23)16-28-29-24(33)17-36-26-31-30-25(19-6-14-22(34-2)15-7-19)32(26)21-10-8-20(27)9-11-21/h4-16H,3,17H2,1-2H3,(H,29,33)/b28-16+. The van der Waals surface area contributed by atoms with Gasteiger partial charge in [0.2, 0.25) is 0 Å². The van der Waals surface area contributed by atoms with Gasteiger partial charge in [-0.15, -0.1) is 10.2 Å². The Hall–Kier alpha value is -3.82. The Morgan fingerprint density at radius 1 is 1.03 bits per heavy atom. The van der Waals surface area contributed by atoms with Gasteiger partial charge in [-0.2, -0.15) is 5.10 Å². The third-order valence-electron chi connectivity index (χ3n) is 4.99. The molecule has 0 radical (unpaired) electrons. The van der Waals surface area contributed by atoms with Crippen LogP contribution in [-0.2, 0) is 4.79 Å². The molecule has 4 rings (SSSR count). The lowest BCUT2D eigenvalue weighted by Crippen LogP contribution is -2.20. The van der Waals surface area contributed by atoms with Crippen LogP contribution in [0.3, 0.4) is 0 Å². The fourth-order valence-corrected chi connectivity index (χ4v) is 4.14. The van der Waals surface area contributed by atoms with Crippen molar-refractivity contribution in [2.75, 3.05) is 19.5 Å². The number of rotatable bonds is 10. The number of benzene rings is 3. The second kappa shape index (κ2) is 12.2. The normalized spacial score (nSPS) is 11.0. The van der Waals surface area contributed by atoms with E-state index < -0.39 is 0 Å². The molecule has 3 aromatic carbocycles. The van der Waals surface area contributed by atoms with E-state index in [-0.39, 0.29) is 11.7 Å². The second-order valence-corrected chi connectivity index (χ2v) is 8.81. The number of aromatic nitrogens is 3. The first-order chi connectivity index (χ1) is 17.6. The van der Waals surface area contributed by atoms with E-state index in [9.17, 15) is 4.79 Å². The van der Waals surface area contributed by atoms with Crippen LogP contribution in [0.5, 0.6) is 11.5 Å². The average molecular weight is 522 g/mol. The summed E-state index contributed by atoms with van der Waals surface area (Å²) in [4.78, 5) is 12.4. The zero-order valence-corrected chi connectivity index (χ0v) is 21.3. The van der Waals surface area contributed by atoms with Gasteiger partial charge in [0.1, 0.15) is 11.5 Å². The Labute approximate surface area is 218 Å². The molecule has 0 fully saturated rings. The van der Waals surface area contributed by atoms with Gasteiger partial charge in [0.25, 0.3) is 5.91 Å². The summed E-state index contributed by atoms with van der Waals surface area (Å²) >= 11 is 7.35. The molecule has 0 aliphatic heterocycles. The van der Waals surface area contributed by atoms with Crippen LogP contribution in [0.25, 0.3) is 17.1 Å². The van der Waals surface area contributed by atoms with E-state index in [4.69, 9.17) is 21.1 Å².